The summed E-state index contributed by atoms with van der Waals surface area (Å²) in [5, 5.41) is 2.29. The Balaban J connectivity index is 1.81. The van der Waals surface area contributed by atoms with Gasteiger partial charge in [0.15, 0.2) is 0 Å². The molecule has 8 heteroatoms. The molecule has 3 rings (SSSR count). The van der Waals surface area contributed by atoms with E-state index in [9.17, 15) is 8.42 Å². The van der Waals surface area contributed by atoms with Gasteiger partial charge in [-0.15, -0.1) is 11.3 Å². The van der Waals surface area contributed by atoms with Gasteiger partial charge < -0.3 is 4.74 Å². The maximum absolute atomic E-state index is 12.6. The van der Waals surface area contributed by atoms with E-state index in [1.54, 1.807) is 29.7 Å². The Morgan fingerprint density at radius 2 is 2.08 bits per heavy atom. The van der Waals surface area contributed by atoms with E-state index in [2.05, 4.69) is 9.71 Å². The second-order valence-electron chi connectivity index (χ2n) is 5.15. The number of methoxy groups -OCH3 is 1. The Morgan fingerprint density at radius 1 is 1.24 bits per heavy atom. The van der Waals surface area contributed by atoms with Crippen molar-refractivity contribution in [2.24, 2.45) is 0 Å². The van der Waals surface area contributed by atoms with Crippen LogP contribution in [0.4, 0.5) is 0 Å². The van der Waals surface area contributed by atoms with Crippen LogP contribution in [-0.4, -0.2) is 20.5 Å². The van der Waals surface area contributed by atoms with E-state index in [1.165, 1.54) is 19.2 Å². The van der Waals surface area contributed by atoms with Crippen LogP contribution in [0.2, 0.25) is 5.02 Å². The zero-order valence-electron chi connectivity index (χ0n) is 13.3. The first-order chi connectivity index (χ1) is 12.0. The molecule has 25 heavy (non-hydrogen) atoms. The third-order valence-electron chi connectivity index (χ3n) is 3.48. The van der Waals surface area contributed by atoms with Crippen molar-refractivity contribution in [2.45, 2.75) is 11.4 Å². The van der Waals surface area contributed by atoms with E-state index in [1.807, 2.05) is 23.6 Å². The number of ether oxygens (including phenoxy) is 1. The molecule has 0 bridgehead atoms. The fourth-order valence-corrected chi connectivity index (χ4v) is 4.40. The lowest BCUT2D eigenvalue weighted by molar-refractivity contribution is 0.402. The second-order valence-corrected chi connectivity index (χ2v) is 8.27. The van der Waals surface area contributed by atoms with Crippen LogP contribution in [0.15, 0.2) is 58.9 Å². The smallest absolute Gasteiger partial charge is 0.244 e. The zero-order chi connectivity index (χ0) is 17.9. The highest BCUT2D eigenvalue weighted by Gasteiger charge is 2.20. The van der Waals surface area contributed by atoms with Gasteiger partial charge in [0.05, 0.1) is 17.7 Å². The summed E-state index contributed by atoms with van der Waals surface area (Å²) >= 11 is 7.50. The Labute approximate surface area is 155 Å². The van der Waals surface area contributed by atoms with Gasteiger partial charge in [0, 0.05) is 17.8 Å². The van der Waals surface area contributed by atoms with Crippen molar-refractivity contribution >= 4 is 33.0 Å². The van der Waals surface area contributed by atoms with Crippen molar-refractivity contribution in [3.05, 3.63) is 64.6 Å². The summed E-state index contributed by atoms with van der Waals surface area (Å²) in [7, 11) is -2.35. The minimum Gasteiger partial charge on any atom is -0.495 e. The molecule has 0 aliphatic rings. The van der Waals surface area contributed by atoms with Crippen molar-refractivity contribution < 1.29 is 13.2 Å². The van der Waals surface area contributed by atoms with Gasteiger partial charge in [-0.3, -0.25) is 4.98 Å². The van der Waals surface area contributed by atoms with Gasteiger partial charge in [0.2, 0.25) is 10.0 Å². The molecule has 0 amide bonds. The zero-order valence-corrected chi connectivity index (χ0v) is 15.7. The van der Waals surface area contributed by atoms with Crippen LogP contribution in [0.25, 0.3) is 10.6 Å². The number of thiophene rings is 1. The van der Waals surface area contributed by atoms with Crippen molar-refractivity contribution in [3.63, 3.8) is 0 Å². The number of pyridine rings is 1. The van der Waals surface area contributed by atoms with Gasteiger partial charge in [0.25, 0.3) is 0 Å². The van der Waals surface area contributed by atoms with Gasteiger partial charge in [-0.1, -0.05) is 17.7 Å². The quantitative estimate of drug-likeness (QED) is 0.687. The molecule has 1 N–H and O–H groups in total. The number of nitrogens with one attached hydrogen (secondary N) is 1. The van der Waals surface area contributed by atoms with Gasteiger partial charge in [-0.2, -0.15) is 0 Å². The van der Waals surface area contributed by atoms with Gasteiger partial charge >= 0.3 is 0 Å². The number of nitrogens with zero attached hydrogens (tertiary/aromatic N) is 1. The average molecular weight is 395 g/mol. The summed E-state index contributed by atoms with van der Waals surface area (Å²) in [4.78, 5) is 5.36. The fourth-order valence-electron chi connectivity index (χ4n) is 2.26. The molecule has 0 aliphatic carbocycles. The van der Waals surface area contributed by atoms with Crippen LogP contribution in [0.5, 0.6) is 5.75 Å². The molecule has 0 radical (unpaired) electrons. The summed E-state index contributed by atoms with van der Waals surface area (Å²) in [6.45, 7) is 0.138. The second kappa shape index (κ2) is 7.53. The lowest BCUT2D eigenvalue weighted by Crippen LogP contribution is -2.23. The van der Waals surface area contributed by atoms with Gasteiger partial charge in [-0.05, 0) is 47.3 Å². The Kier molecular flexibility index (Phi) is 5.39. The van der Waals surface area contributed by atoms with Crippen LogP contribution >= 0.6 is 22.9 Å². The van der Waals surface area contributed by atoms with E-state index in [0.29, 0.717) is 5.02 Å². The highest BCUT2D eigenvalue weighted by atomic mass is 35.5. The number of halogens is 1. The summed E-state index contributed by atoms with van der Waals surface area (Å²) in [5.74, 6) is 0.242. The molecule has 1 aromatic carbocycles. The van der Waals surface area contributed by atoms with Gasteiger partial charge in [0.1, 0.15) is 10.6 Å². The molecule has 0 saturated carbocycles. The van der Waals surface area contributed by atoms with E-state index in [0.717, 1.165) is 16.1 Å². The summed E-state index contributed by atoms with van der Waals surface area (Å²) < 4.78 is 32.9. The highest BCUT2D eigenvalue weighted by molar-refractivity contribution is 7.89. The first-order valence-corrected chi connectivity index (χ1v) is 10.1. The summed E-state index contributed by atoms with van der Waals surface area (Å²) in [5.41, 5.74) is 1.62. The SMILES string of the molecule is COc1ccc(Cl)cc1S(=O)(=O)NCc1ccnc(-c2cccs2)c1. The predicted molar refractivity (Wildman–Crippen MR) is 99.6 cm³/mol. The Morgan fingerprint density at radius 3 is 2.80 bits per heavy atom. The molecule has 0 atom stereocenters. The topological polar surface area (TPSA) is 68.3 Å². The van der Waals surface area contributed by atoms with Crippen molar-refractivity contribution in [1.29, 1.82) is 0 Å². The monoisotopic (exact) mass is 394 g/mol. The molecule has 3 aromatic rings. The molecule has 130 valence electrons. The molecule has 2 heterocycles. The van der Waals surface area contributed by atoms with Crippen molar-refractivity contribution in [3.8, 4) is 16.3 Å². The van der Waals surface area contributed by atoms with Crippen LogP contribution in [-0.2, 0) is 16.6 Å². The number of sulfonamides is 1. The van der Waals surface area contributed by atoms with E-state index < -0.39 is 10.0 Å². The first-order valence-electron chi connectivity index (χ1n) is 7.31. The molecule has 5 nitrogen and oxygen atoms in total. The van der Waals surface area contributed by atoms with Crippen LogP contribution in [0.3, 0.4) is 0 Å². The Bertz CT molecular complexity index is 973. The van der Waals surface area contributed by atoms with E-state index in [-0.39, 0.29) is 17.2 Å². The van der Waals surface area contributed by atoms with Crippen molar-refractivity contribution in [2.75, 3.05) is 7.11 Å². The fraction of sp³-hybridized carbons (Fsp3) is 0.118. The molecule has 0 saturated heterocycles. The standard InChI is InChI=1S/C17H15ClN2O3S2/c1-23-15-5-4-13(18)10-17(15)25(21,22)20-11-12-6-7-19-14(9-12)16-3-2-8-24-16/h2-10,20H,11H2,1H3. The minimum absolute atomic E-state index is 0.00929. The van der Waals surface area contributed by atoms with Crippen molar-refractivity contribution in [1.82, 2.24) is 9.71 Å². The number of rotatable bonds is 6. The summed E-state index contributed by atoms with van der Waals surface area (Å²) in [6, 6.07) is 12.0. The van der Waals surface area contributed by atoms with E-state index in [4.69, 9.17) is 16.3 Å². The molecule has 0 spiro atoms. The first kappa shape index (κ1) is 17.9. The van der Waals surface area contributed by atoms with Gasteiger partial charge in [-0.25, -0.2) is 13.1 Å². The van der Waals surface area contributed by atoms with E-state index >= 15 is 0 Å². The number of benzene rings is 1. The minimum atomic E-state index is -3.77. The lowest BCUT2D eigenvalue weighted by atomic mass is 10.2. The number of hydrogen-bond acceptors (Lipinski definition) is 5. The number of hydrogen-bond donors (Lipinski definition) is 1. The molecule has 2 aromatic heterocycles. The Hall–Kier alpha value is -1.93. The highest BCUT2D eigenvalue weighted by Crippen LogP contribution is 2.27. The molecule has 0 unspecified atom stereocenters. The lowest BCUT2D eigenvalue weighted by Gasteiger charge is -2.11. The molecular weight excluding hydrogens is 380 g/mol. The summed E-state index contributed by atoms with van der Waals surface area (Å²) in [6.07, 6.45) is 1.67. The van der Waals surface area contributed by atoms with Crippen LogP contribution in [0.1, 0.15) is 5.56 Å². The van der Waals surface area contributed by atoms with Crippen LogP contribution in [0, 0.1) is 0 Å². The molecule has 0 aliphatic heterocycles. The van der Waals surface area contributed by atoms with Crippen LogP contribution < -0.4 is 9.46 Å². The largest absolute Gasteiger partial charge is 0.495 e. The maximum atomic E-state index is 12.6. The predicted octanol–water partition coefficient (Wildman–Crippen LogP) is 3.95. The maximum Gasteiger partial charge on any atom is 0.244 e. The normalized spacial score (nSPS) is 11.4. The average Bonchev–Trinajstić information content (AvgIpc) is 3.15. The third-order valence-corrected chi connectivity index (χ3v) is 6.03. The third kappa shape index (κ3) is 4.19. The number of aromatic nitrogens is 1. The molecule has 0 fully saturated rings. The molecular formula is C17H15ClN2O3S2.